The molecule has 1 unspecified atom stereocenters. The van der Waals surface area contributed by atoms with Crippen LogP contribution < -0.4 is 5.73 Å². The summed E-state index contributed by atoms with van der Waals surface area (Å²) in [5.41, 5.74) is 8.15. The van der Waals surface area contributed by atoms with E-state index in [1.54, 1.807) is 0 Å². The van der Waals surface area contributed by atoms with Crippen molar-refractivity contribution in [2.75, 3.05) is 7.11 Å². The Bertz CT molecular complexity index is 378. The van der Waals surface area contributed by atoms with Crippen molar-refractivity contribution < 1.29 is 14.6 Å². The van der Waals surface area contributed by atoms with Gasteiger partial charge in [0.2, 0.25) is 0 Å². The lowest BCUT2D eigenvalue weighted by Gasteiger charge is -2.11. The molecule has 1 atom stereocenters. The number of aryl methyl sites for hydroxylation is 2. The number of esters is 1. The van der Waals surface area contributed by atoms with E-state index in [0.717, 1.165) is 16.7 Å². The number of nitrogens with two attached hydrogens (primary N) is 1. The Morgan fingerprint density at radius 1 is 1.44 bits per heavy atom. The van der Waals surface area contributed by atoms with E-state index in [9.17, 15) is 9.90 Å². The minimum absolute atomic E-state index is 0.287. The van der Waals surface area contributed by atoms with Gasteiger partial charge < -0.3 is 15.6 Å². The van der Waals surface area contributed by atoms with Gasteiger partial charge in [0.25, 0.3) is 0 Å². The standard InChI is InChI=1S/C12H17NO3/c1-7-4-9(5-8(2)11(7)14)6-10(13)12(15)16-3/h4-5,10,14H,6,13H2,1-3H3. The first kappa shape index (κ1) is 12.5. The summed E-state index contributed by atoms with van der Waals surface area (Å²) >= 11 is 0. The summed E-state index contributed by atoms with van der Waals surface area (Å²) in [7, 11) is 1.31. The van der Waals surface area contributed by atoms with Gasteiger partial charge in [0.15, 0.2) is 0 Å². The first-order valence-corrected chi connectivity index (χ1v) is 5.08. The molecule has 1 rings (SSSR count). The van der Waals surface area contributed by atoms with E-state index in [1.165, 1.54) is 7.11 Å². The normalized spacial score (nSPS) is 12.2. The highest BCUT2D eigenvalue weighted by atomic mass is 16.5. The molecule has 0 aromatic heterocycles. The molecule has 88 valence electrons. The second-order valence-corrected chi connectivity index (χ2v) is 3.91. The lowest BCUT2D eigenvalue weighted by molar-refractivity contribution is -0.142. The summed E-state index contributed by atoms with van der Waals surface area (Å²) in [6, 6.07) is 2.99. The van der Waals surface area contributed by atoms with Crippen molar-refractivity contribution in [1.29, 1.82) is 0 Å². The Balaban J connectivity index is 2.86. The number of carbonyl (C=O) groups is 1. The molecule has 4 nitrogen and oxygen atoms in total. The summed E-state index contributed by atoms with van der Waals surface area (Å²) in [6.07, 6.45) is 0.411. The first-order valence-electron chi connectivity index (χ1n) is 5.08. The zero-order valence-electron chi connectivity index (χ0n) is 9.78. The number of hydrogen-bond acceptors (Lipinski definition) is 4. The molecular weight excluding hydrogens is 206 g/mol. The van der Waals surface area contributed by atoms with Crippen molar-refractivity contribution in [3.05, 3.63) is 28.8 Å². The Morgan fingerprint density at radius 2 is 1.94 bits per heavy atom. The number of rotatable bonds is 3. The molecule has 3 N–H and O–H groups in total. The molecule has 0 aliphatic heterocycles. The molecule has 1 aromatic carbocycles. The molecule has 0 saturated heterocycles. The van der Waals surface area contributed by atoms with Crippen molar-refractivity contribution in [1.82, 2.24) is 0 Å². The molecule has 1 aromatic rings. The van der Waals surface area contributed by atoms with Crippen LogP contribution in [0.25, 0.3) is 0 Å². The number of methoxy groups -OCH3 is 1. The van der Waals surface area contributed by atoms with E-state index in [-0.39, 0.29) is 5.75 Å². The summed E-state index contributed by atoms with van der Waals surface area (Å²) in [5.74, 6) is -0.140. The number of aromatic hydroxyl groups is 1. The highest BCUT2D eigenvalue weighted by Crippen LogP contribution is 2.23. The number of phenols is 1. The van der Waals surface area contributed by atoms with Crippen LogP contribution in [0.3, 0.4) is 0 Å². The fourth-order valence-electron chi connectivity index (χ4n) is 1.65. The molecule has 0 aliphatic rings. The lowest BCUT2D eigenvalue weighted by atomic mass is 10.0. The highest BCUT2D eigenvalue weighted by molar-refractivity contribution is 5.75. The van der Waals surface area contributed by atoms with Crippen LogP contribution in [0.15, 0.2) is 12.1 Å². The topological polar surface area (TPSA) is 72.5 Å². The van der Waals surface area contributed by atoms with E-state index in [2.05, 4.69) is 4.74 Å². The summed E-state index contributed by atoms with van der Waals surface area (Å²) in [4.78, 5) is 11.2. The lowest BCUT2D eigenvalue weighted by Crippen LogP contribution is -2.33. The van der Waals surface area contributed by atoms with Crippen molar-refractivity contribution in [2.45, 2.75) is 26.3 Å². The molecule has 16 heavy (non-hydrogen) atoms. The SMILES string of the molecule is COC(=O)C(N)Cc1cc(C)c(O)c(C)c1. The number of benzene rings is 1. The second kappa shape index (κ2) is 4.99. The Labute approximate surface area is 95.0 Å². The van der Waals surface area contributed by atoms with Crippen LogP contribution in [0.2, 0.25) is 0 Å². The molecular formula is C12H17NO3. The molecule has 0 saturated carbocycles. The van der Waals surface area contributed by atoms with Crippen molar-refractivity contribution >= 4 is 5.97 Å². The molecule has 0 spiro atoms. The van der Waals surface area contributed by atoms with Gasteiger partial charge in [0.05, 0.1) is 7.11 Å². The van der Waals surface area contributed by atoms with Gasteiger partial charge in [-0.05, 0) is 37.0 Å². The zero-order valence-corrected chi connectivity index (χ0v) is 9.78. The minimum atomic E-state index is -0.659. The van der Waals surface area contributed by atoms with Crippen LogP contribution in [-0.4, -0.2) is 24.2 Å². The molecule has 0 aliphatic carbocycles. The van der Waals surface area contributed by atoms with Gasteiger partial charge in [-0.25, -0.2) is 0 Å². The maximum atomic E-state index is 11.2. The molecule has 0 bridgehead atoms. The van der Waals surface area contributed by atoms with Crippen molar-refractivity contribution in [2.24, 2.45) is 5.73 Å². The molecule has 0 radical (unpaired) electrons. The van der Waals surface area contributed by atoms with Crippen LogP contribution in [0, 0.1) is 13.8 Å². The molecule has 4 heteroatoms. The van der Waals surface area contributed by atoms with Gasteiger partial charge in [-0.3, -0.25) is 4.79 Å². The average molecular weight is 223 g/mol. The highest BCUT2D eigenvalue weighted by Gasteiger charge is 2.15. The Morgan fingerprint density at radius 3 is 2.38 bits per heavy atom. The van der Waals surface area contributed by atoms with E-state index >= 15 is 0 Å². The van der Waals surface area contributed by atoms with E-state index < -0.39 is 12.0 Å². The van der Waals surface area contributed by atoms with E-state index in [4.69, 9.17) is 5.73 Å². The zero-order chi connectivity index (χ0) is 12.3. The Kier molecular flexibility index (Phi) is 3.90. The van der Waals surface area contributed by atoms with E-state index in [0.29, 0.717) is 6.42 Å². The average Bonchev–Trinajstić information content (AvgIpc) is 2.24. The predicted molar refractivity (Wildman–Crippen MR) is 61.3 cm³/mol. The van der Waals surface area contributed by atoms with Crippen molar-refractivity contribution in [3.63, 3.8) is 0 Å². The maximum Gasteiger partial charge on any atom is 0.322 e. The number of ether oxygens (including phenoxy) is 1. The van der Waals surface area contributed by atoms with Gasteiger partial charge >= 0.3 is 5.97 Å². The van der Waals surface area contributed by atoms with Gasteiger partial charge in [-0.1, -0.05) is 12.1 Å². The fourth-order valence-corrected chi connectivity index (χ4v) is 1.65. The first-order chi connectivity index (χ1) is 7.45. The largest absolute Gasteiger partial charge is 0.507 e. The van der Waals surface area contributed by atoms with Crippen molar-refractivity contribution in [3.8, 4) is 5.75 Å². The number of hydrogen-bond donors (Lipinski definition) is 2. The van der Waals surface area contributed by atoms with E-state index in [1.807, 2.05) is 26.0 Å². The predicted octanol–water partition coefficient (Wildman–Crippen LogP) is 1.05. The summed E-state index contributed by atoms with van der Waals surface area (Å²) < 4.78 is 4.56. The van der Waals surface area contributed by atoms with Crippen LogP contribution in [0.1, 0.15) is 16.7 Å². The number of carbonyl (C=O) groups excluding carboxylic acids is 1. The minimum Gasteiger partial charge on any atom is -0.507 e. The molecule has 0 heterocycles. The quantitative estimate of drug-likeness (QED) is 0.751. The summed E-state index contributed by atoms with van der Waals surface area (Å²) in [5, 5.41) is 9.60. The molecule has 0 amide bonds. The molecule has 0 fully saturated rings. The van der Waals surface area contributed by atoms with Gasteiger partial charge in [0, 0.05) is 0 Å². The smallest absolute Gasteiger partial charge is 0.322 e. The van der Waals surface area contributed by atoms with Crippen LogP contribution in [0.4, 0.5) is 0 Å². The summed E-state index contributed by atoms with van der Waals surface area (Å²) in [6.45, 7) is 3.63. The van der Waals surface area contributed by atoms with Gasteiger partial charge in [0.1, 0.15) is 11.8 Å². The second-order valence-electron chi connectivity index (χ2n) is 3.91. The maximum absolute atomic E-state index is 11.2. The van der Waals surface area contributed by atoms with Crippen LogP contribution in [-0.2, 0) is 16.0 Å². The van der Waals surface area contributed by atoms with Crippen LogP contribution in [0.5, 0.6) is 5.75 Å². The third kappa shape index (κ3) is 2.73. The third-order valence-corrected chi connectivity index (χ3v) is 2.51. The van der Waals surface area contributed by atoms with Crippen LogP contribution >= 0.6 is 0 Å². The fraction of sp³-hybridized carbons (Fsp3) is 0.417. The Hall–Kier alpha value is -1.55. The van der Waals surface area contributed by atoms with Gasteiger partial charge in [-0.15, -0.1) is 0 Å². The third-order valence-electron chi connectivity index (χ3n) is 2.51. The monoisotopic (exact) mass is 223 g/mol. The number of phenolic OH excluding ortho intramolecular Hbond substituents is 1. The van der Waals surface area contributed by atoms with Gasteiger partial charge in [-0.2, -0.15) is 0 Å².